The Hall–Kier alpha value is -2.84. The first-order valence-electron chi connectivity index (χ1n) is 9.97. The van der Waals surface area contributed by atoms with Crippen LogP contribution in [-0.4, -0.2) is 49.4 Å². The summed E-state index contributed by atoms with van der Waals surface area (Å²) < 4.78 is 6.92. The van der Waals surface area contributed by atoms with Gasteiger partial charge in [-0.3, -0.25) is 4.79 Å². The van der Waals surface area contributed by atoms with E-state index in [4.69, 9.17) is 9.84 Å². The molecular weight excluding hydrogens is 402 g/mol. The van der Waals surface area contributed by atoms with E-state index < -0.39 is 6.09 Å². The van der Waals surface area contributed by atoms with E-state index in [-0.39, 0.29) is 12.0 Å². The molecule has 160 valence electrons. The number of rotatable bonds is 9. The summed E-state index contributed by atoms with van der Waals surface area (Å²) in [5.41, 5.74) is 1.46. The van der Waals surface area contributed by atoms with Crippen molar-refractivity contribution >= 4 is 43.3 Å². The van der Waals surface area contributed by atoms with E-state index in [0.717, 1.165) is 40.3 Å². The van der Waals surface area contributed by atoms with Gasteiger partial charge in [-0.25, -0.2) is 4.79 Å². The van der Waals surface area contributed by atoms with Crippen LogP contribution in [0.25, 0.3) is 20.2 Å². The summed E-state index contributed by atoms with van der Waals surface area (Å²) in [5, 5.41) is 16.0. The number of hydrogen-bond donors (Lipinski definition) is 3. The molecule has 0 atom stereocenters. The highest BCUT2D eigenvalue weighted by atomic mass is 32.1. The number of carboxylic acid groups (broad SMARTS) is 1. The lowest BCUT2D eigenvalue weighted by Crippen LogP contribution is -2.28. The van der Waals surface area contributed by atoms with Crippen LogP contribution in [0.15, 0.2) is 35.1 Å². The number of ether oxygens (including phenoxy) is 1. The molecule has 0 aliphatic rings. The predicted molar refractivity (Wildman–Crippen MR) is 123 cm³/mol. The molecule has 0 aliphatic carbocycles. The number of likely N-dealkylation sites (N-methyl/N-ethyl adjacent to an activating group) is 1. The molecule has 0 fully saturated rings. The smallest absolute Gasteiger partial charge is 0.404 e. The fourth-order valence-electron chi connectivity index (χ4n) is 3.46. The van der Waals surface area contributed by atoms with Crippen LogP contribution in [0, 0.1) is 0 Å². The number of benzene rings is 2. The topological polar surface area (TPSA) is 90.9 Å². The second-order valence-electron chi connectivity index (χ2n) is 6.88. The summed E-state index contributed by atoms with van der Waals surface area (Å²) in [6, 6.07) is 9.20. The zero-order valence-corrected chi connectivity index (χ0v) is 18.3. The van der Waals surface area contributed by atoms with Gasteiger partial charge in [0.25, 0.3) is 0 Å². The van der Waals surface area contributed by atoms with Gasteiger partial charge < -0.3 is 25.4 Å². The van der Waals surface area contributed by atoms with Crippen LogP contribution in [0.2, 0.25) is 0 Å². The lowest BCUT2D eigenvalue weighted by molar-refractivity contribution is 0.194. The first-order valence-corrected chi connectivity index (χ1v) is 10.8. The molecule has 2 aromatic carbocycles. The minimum atomic E-state index is -1.09. The predicted octanol–water partition coefficient (Wildman–Crippen LogP) is 3.94. The molecule has 3 rings (SSSR count). The third-order valence-electron chi connectivity index (χ3n) is 5.18. The molecule has 0 saturated heterocycles. The van der Waals surface area contributed by atoms with Crippen LogP contribution in [0.1, 0.15) is 19.4 Å². The SMILES string of the molecule is CCN(CC)CCNc1ccc(CNC(=O)O)c2sc3ccc(OC)cc3c(=O)c12. The first-order chi connectivity index (χ1) is 14.5. The lowest BCUT2D eigenvalue weighted by Gasteiger charge is -2.19. The Balaban J connectivity index is 2.11. The van der Waals surface area contributed by atoms with Crippen molar-refractivity contribution in [3.8, 4) is 5.75 Å². The van der Waals surface area contributed by atoms with Crippen molar-refractivity contribution in [3.63, 3.8) is 0 Å². The van der Waals surface area contributed by atoms with E-state index in [0.29, 0.717) is 23.1 Å². The second-order valence-corrected chi connectivity index (χ2v) is 7.93. The normalized spacial score (nSPS) is 11.2. The lowest BCUT2D eigenvalue weighted by atomic mass is 10.1. The number of nitrogens with one attached hydrogen (secondary N) is 2. The summed E-state index contributed by atoms with van der Waals surface area (Å²) in [5.74, 6) is 0.630. The Kier molecular flexibility index (Phi) is 7.12. The molecule has 0 radical (unpaired) electrons. The second kappa shape index (κ2) is 9.77. The number of carbonyl (C=O) groups is 1. The summed E-state index contributed by atoms with van der Waals surface area (Å²) in [6.45, 7) is 7.92. The van der Waals surface area contributed by atoms with E-state index in [9.17, 15) is 9.59 Å². The van der Waals surface area contributed by atoms with Gasteiger partial charge in [-0.2, -0.15) is 0 Å². The van der Waals surface area contributed by atoms with Gasteiger partial charge in [0.2, 0.25) is 0 Å². The van der Waals surface area contributed by atoms with Gasteiger partial charge in [0.15, 0.2) is 5.43 Å². The molecule has 3 N–H and O–H groups in total. The van der Waals surface area contributed by atoms with Crippen molar-refractivity contribution < 1.29 is 14.6 Å². The Morgan fingerprint density at radius 2 is 1.97 bits per heavy atom. The van der Waals surface area contributed by atoms with Crippen LogP contribution in [0.3, 0.4) is 0 Å². The quantitative estimate of drug-likeness (QED) is 0.446. The van der Waals surface area contributed by atoms with E-state index in [1.165, 1.54) is 11.3 Å². The fourth-order valence-corrected chi connectivity index (χ4v) is 4.65. The van der Waals surface area contributed by atoms with Crippen molar-refractivity contribution in [3.05, 3.63) is 46.1 Å². The molecule has 1 amide bonds. The van der Waals surface area contributed by atoms with Gasteiger partial charge in [-0.15, -0.1) is 11.3 Å². The average Bonchev–Trinajstić information content (AvgIpc) is 2.75. The standard InChI is InChI=1S/C22H27N3O4S/c1-4-25(5-2)11-10-23-17-8-6-14(13-24-22(27)28)21-19(17)20(26)16-12-15(29-3)7-9-18(16)30-21/h6-9,12,23-24H,4-5,10-11,13H2,1-3H3,(H,27,28). The van der Waals surface area contributed by atoms with Gasteiger partial charge >= 0.3 is 6.09 Å². The Bertz CT molecular complexity index is 1110. The molecule has 0 aliphatic heterocycles. The summed E-state index contributed by atoms with van der Waals surface area (Å²) in [6.07, 6.45) is -1.09. The number of hydrogen-bond acceptors (Lipinski definition) is 6. The van der Waals surface area contributed by atoms with Crippen molar-refractivity contribution in [2.24, 2.45) is 0 Å². The van der Waals surface area contributed by atoms with E-state index >= 15 is 0 Å². The fraction of sp³-hybridized carbons (Fsp3) is 0.364. The molecule has 3 aromatic rings. The average molecular weight is 430 g/mol. The minimum Gasteiger partial charge on any atom is -0.497 e. The Morgan fingerprint density at radius 1 is 1.20 bits per heavy atom. The maximum Gasteiger partial charge on any atom is 0.404 e. The first kappa shape index (κ1) is 21.9. The molecule has 0 unspecified atom stereocenters. The Morgan fingerprint density at radius 3 is 2.63 bits per heavy atom. The monoisotopic (exact) mass is 429 g/mol. The molecule has 1 heterocycles. The number of nitrogens with zero attached hydrogens (tertiary/aromatic N) is 1. The molecule has 0 saturated carbocycles. The molecule has 8 heteroatoms. The van der Waals surface area contributed by atoms with Crippen LogP contribution < -0.4 is 20.8 Å². The zero-order valence-electron chi connectivity index (χ0n) is 17.4. The molecule has 30 heavy (non-hydrogen) atoms. The number of methoxy groups -OCH3 is 1. The minimum absolute atomic E-state index is 0.0832. The van der Waals surface area contributed by atoms with Gasteiger partial charge in [-0.05, 0) is 42.9 Å². The third-order valence-corrected chi connectivity index (χ3v) is 6.42. The van der Waals surface area contributed by atoms with E-state index in [1.807, 2.05) is 24.3 Å². The number of anilines is 1. The number of amides is 1. The van der Waals surface area contributed by atoms with Crippen molar-refractivity contribution in [2.75, 3.05) is 38.6 Å². The highest BCUT2D eigenvalue weighted by Crippen LogP contribution is 2.33. The Labute approximate surface area is 179 Å². The van der Waals surface area contributed by atoms with Gasteiger partial charge in [0.1, 0.15) is 5.75 Å². The summed E-state index contributed by atoms with van der Waals surface area (Å²) in [7, 11) is 1.58. The highest BCUT2D eigenvalue weighted by Gasteiger charge is 2.15. The van der Waals surface area contributed by atoms with Gasteiger partial charge in [0.05, 0.1) is 12.5 Å². The van der Waals surface area contributed by atoms with Crippen LogP contribution in [0.4, 0.5) is 10.5 Å². The highest BCUT2D eigenvalue weighted by molar-refractivity contribution is 7.24. The maximum absolute atomic E-state index is 13.4. The third kappa shape index (κ3) is 4.66. The largest absolute Gasteiger partial charge is 0.497 e. The van der Waals surface area contributed by atoms with Crippen LogP contribution in [0.5, 0.6) is 5.75 Å². The van der Waals surface area contributed by atoms with Gasteiger partial charge in [-0.1, -0.05) is 19.9 Å². The molecule has 0 bridgehead atoms. The molecule has 1 aromatic heterocycles. The van der Waals surface area contributed by atoms with Crippen LogP contribution >= 0.6 is 11.3 Å². The van der Waals surface area contributed by atoms with E-state index in [2.05, 4.69) is 29.4 Å². The van der Waals surface area contributed by atoms with Gasteiger partial charge in [0, 0.05) is 40.1 Å². The maximum atomic E-state index is 13.4. The molecule has 0 spiro atoms. The summed E-state index contributed by atoms with van der Waals surface area (Å²) in [4.78, 5) is 26.7. The molecular formula is C22H27N3O4S. The summed E-state index contributed by atoms with van der Waals surface area (Å²) >= 11 is 1.49. The van der Waals surface area contributed by atoms with E-state index in [1.54, 1.807) is 13.2 Å². The number of fused-ring (bicyclic) bond motifs is 2. The zero-order chi connectivity index (χ0) is 21.7. The van der Waals surface area contributed by atoms with Crippen molar-refractivity contribution in [2.45, 2.75) is 20.4 Å². The van der Waals surface area contributed by atoms with Crippen LogP contribution in [-0.2, 0) is 6.54 Å². The van der Waals surface area contributed by atoms with Crippen molar-refractivity contribution in [1.29, 1.82) is 0 Å². The molecule has 7 nitrogen and oxygen atoms in total. The van der Waals surface area contributed by atoms with Crippen molar-refractivity contribution in [1.82, 2.24) is 10.2 Å².